The summed E-state index contributed by atoms with van der Waals surface area (Å²) in [6, 6.07) is 15.6. The van der Waals surface area contributed by atoms with Crippen LogP contribution in [0.15, 0.2) is 48.5 Å². The molecule has 0 saturated carbocycles. The van der Waals surface area contributed by atoms with Gasteiger partial charge >= 0.3 is 0 Å². The maximum absolute atomic E-state index is 5.18. The number of hydrogen-bond acceptors (Lipinski definition) is 5. The van der Waals surface area contributed by atoms with Gasteiger partial charge in [-0.15, -0.1) is 10.2 Å². The lowest BCUT2D eigenvalue weighted by atomic mass is 10.3. The second-order valence-electron chi connectivity index (χ2n) is 5.21. The number of fused-ring (bicyclic) bond motifs is 3. The van der Waals surface area contributed by atoms with Crippen LogP contribution < -0.4 is 10.1 Å². The smallest absolute Gasteiger partial charge is 0.204 e. The zero-order valence-corrected chi connectivity index (χ0v) is 12.8. The van der Waals surface area contributed by atoms with Gasteiger partial charge in [-0.2, -0.15) is 0 Å². The third kappa shape index (κ3) is 2.24. The molecule has 0 atom stereocenters. The van der Waals surface area contributed by atoms with Crippen LogP contribution in [0.1, 0.15) is 5.82 Å². The van der Waals surface area contributed by atoms with Gasteiger partial charge in [-0.1, -0.05) is 12.1 Å². The van der Waals surface area contributed by atoms with Crippen LogP contribution in [0.4, 0.5) is 11.5 Å². The predicted molar refractivity (Wildman–Crippen MR) is 89.3 cm³/mol. The minimum Gasteiger partial charge on any atom is -0.497 e. The van der Waals surface area contributed by atoms with Crippen LogP contribution in [0.25, 0.3) is 16.7 Å². The van der Waals surface area contributed by atoms with Crippen molar-refractivity contribution < 1.29 is 4.74 Å². The molecule has 0 amide bonds. The van der Waals surface area contributed by atoms with Gasteiger partial charge in [0.05, 0.1) is 18.1 Å². The lowest BCUT2D eigenvalue weighted by molar-refractivity contribution is 0.415. The molecule has 23 heavy (non-hydrogen) atoms. The van der Waals surface area contributed by atoms with E-state index in [0.717, 1.165) is 28.3 Å². The molecule has 0 aliphatic heterocycles. The molecule has 0 saturated heterocycles. The van der Waals surface area contributed by atoms with Crippen LogP contribution in [0.5, 0.6) is 5.75 Å². The van der Waals surface area contributed by atoms with E-state index in [0.29, 0.717) is 11.5 Å². The topological polar surface area (TPSA) is 64.3 Å². The average molecular weight is 305 g/mol. The average Bonchev–Trinajstić information content (AvgIpc) is 2.98. The van der Waals surface area contributed by atoms with Gasteiger partial charge in [0.1, 0.15) is 11.6 Å². The lowest BCUT2D eigenvalue weighted by Crippen LogP contribution is -2.01. The van der Waals surface area contributed by atoms with Crippen molar-refractivity contribution in [1.82, 2.24) is 19.6 Å². The second-order valence-corrected chi connectivity index (χ2v) is 5.21. The number of anilines is 2. The Hall–Kier alpha value is -3.15. The van der Waals surface area contributed by atoms with Crippen molar-refractivity contribution in [3.05, 3.63) is 54.4 Å². The number of nitrogens with one attached hydrogen (secondary N) is 1. The third-order valence-electron chi connectivity index (χ3n) is 3.74. The summed E-state index contributed by atoms with van der Waals surface area (Å²) in [5, 5.41) is 11.8. The Kier molecular flexibility index (Phi) is 3.08. The summed E-state index contributed by atoms with van der Waals surface area (Å²) in [6.45, 7) is 1.93. The molecule has 0 unspecified atom stereocenters. The lowest BCUT2D eigenvalue weighted by Gasteiger charge is -2.10. The molecule has 0 aliphatic carbocycles. The molecular weight excluding hydrogens is 290 g/mol. The van der Waals surface area contributed by atoms with Crippen molar-refractivity contribution >= 4 is 28.2 Å². The van der Waals surface area contributed by atoms with E-state index in [-0.39, 0.29) is 0 Å². The zero-order valence-electron chi connectivity index (χ0n) is 12.8. The first kappa shape index (κ1) is 13.5. The van der Waals surface area contributed by atoms with Crippen LogP contribution >= 0.6 is 0 Å². The maximum atomic E-state index is 5.18. The summed E-state index contributed by atoms with van der Waals surface area (Å²) < 4.78 is 7.19. The van der Waals surface area contributed by atoms with Crippen molar-refractivity contribution in [2.24, 2.45) is 0 Å². The normalized spacial score (nSPS) is 11.0. The van der Waals surface area contributed by atoms with E-state index in [1.807, 2.05) is 59.9 Å². The maximum Gasteiger partial charge on any atom is 0.204 e. The van der Waals surface area contributed by atoms with Gasteiger partial charge in [0.25, 0.3) is 0 Å². The van der Waals surface area contributed by atoms with Crippen molar-refractivity contribution in [3.63, 3.8) is 0 Å². The minimum absolute atomic E-state index is 0.675. The molecule has 4 aromatic rings. The molecule has 0 aliphatic rings. The van der Waals surface area contributed by atoms with Crippen LogP contribution in [0, 0.1) is 6.92 Å². The zero-order chi connectivity index (χ0) is 15.8. The highest BCUT2D eigenvalue weighted by molar-refractivity contribution is 5.84. The summed E-state index contributed by atoms with van der Waals surface area (Å²) in [5.41, 5.74) is 3.50. The number of aromatic nitrogens is 4. The van der Waals surface area contributed by atoms with Crippen LogP contribution in [0.2, 0.25) is 0 Å². The highest BCUT2D eigenvalue weighted by Crippen LogP contribution is 2.25. The summed E-state index contributed by atoms with van der Waals surface area (Å²) >= 11 is 0. The van der Waals surface area contributed by atoms with Gasteiger partial charge in [0.2, 0.25) is 5.65 Å². The Morgan fingerprint density at radius 1 is 1.00 bits per heavy atom. The molecular formula is C17H15N5O. The Morgan fingerprint density at radius 3 is 2.57 bits per heavy atom. The first-order valence-corrected chi connectivity index (χ1v) is 7.28. The van der Waals surface area contributed by atoms with Crippen molar-refractivity contribution in [2.45, 2.75) is 6.92 Å². The fourth-order valence-corrected chi connectivity index (χ4v) is 2.62. The number of aryl methyl sites for hydroxylation is 1. The van der Waals surface area contributed by atoms with E-state index in [9.17, 15) is 0 Å². The number of methoxy groups -OCH3 is 1. The number of rotatable bonds is 3. The van der Waals surface area contributed by atoms with E-state index >= 15 is 0 Å². The predicted octanol–water partition coefficient (Wildman–Crippen LogP) is 3.34. The fraction of sp³-hybridized carbons (Fsp3) is 0.118. The number of hydrogen-bond donors (Lipinski definition) is 1. The number of para-hydroxylation sites is 2. The molecule has 4 rings (SSSR count). The summed E-state index contributed by atoms with van der Waals surface area (Å²) in [6.07, 6.45) is 0. The SMILES string of the molecule is COc1ccc(Nc2nc3ccccc3n3c(C)nnc23)cc1. The molecule has 6 nitrogen and oxygen atoms in total. The first-order valence-electron chi connectivity index (χ1n) is 7.28. The number of nitrogens with zero attached hydrogens (tertiary/aromatic N) is 4. The third-order valence-corrected chi connectivity index (χ3v) is 3.74. The van der Waals surface area contributed by atoms with Gasteiger partial charge in [-0.05, 0) is 43.3 Å². The number of benzene rings is 2. The van der Waals surface area contributed by atoms with Gasteiger partial charge in [0.15, 0.2) is 5.82 Å². The van der Waals surface area contributed by atoms with Gasteiger partial charge in [0, 0.05) is 5.69 Å². The Bertz CT molecular complexity index is 991. The quantitative estimate of drug-likeness (QED) is 0.629. The van der Waals surface area contributed by atoms with Gasteiger partial charge in [-0.3, -0.25) is 4.40 Å². The second kappa shape index (κ2) is 5.24. The van der Waals surface area contributed by atoms with Gasteiger partial charge in [-0.25, -0.2) is 4.98 Å². The molecule has 6 heteroatoms. The summed E-state index contributed by atoms with van der Waals surface area (Å²) in [5.74, 6) is 2.32. The molecule has 114 valence electrons. The van der Waals surface area contributed by atoms with E-state index in [1.54, 1.807) is 7.11 Å². The summed E-state index contributed by atoms with van der Waals surface area (Å²) in [7, 11) is 1.65. The fourth-order valence-electron chi connectivity index (χ4n) is 2.62. The van der Waals surface area contributed by atoms with E-state index in [1.165, 1.54) is 0 Å². The molecule has 1 N–H and O–H groups in total. The standard InChI is InChI=1S/C17H15N5O/c1-11-20-21-17-16(18-12-7-9-13(23-2)10-8-12)19-14-5-3-4-6-15(14)22(11)17/h3-10H,1-2H3,(H,18,19). The van der Waals surface area contributed by atoms with Gasteiger partial charge < -0.3 is 10.1 Å². The highest BCUT2D eigenvalue weighted by atomic mass is 16.5. The molecule has 0 spiro atoms. The molecule has 2 aromatic carbocycles. The molecule has 0 fully saturated rings. The van der Waals surface area contributed by atoms with Crippen molar-refractivity contribution in [2.75, 3.05) is 12.4 Å². The molecule has 0 bridgehead atoms. The summed E-state index contributed by atoms with van der Waals surface area (Å²) in [4.78, 5) is 4.69. The van der Waals surface area contributed by atoms with E-state index in [2.05, 4.69) is 20.5 Å². The first-order chi connectivity index (χ1) is 11.3. The minimum atomic E-state index is 0.675. The van der Waals surface area contributed by atoms with Crippen LogP contribution in [-0.2, 0) is 0 Å². The Labute approximate surface area is 132 Å². The van der Waals surface area contributed by atoms with E-state index in [4.69, 9.17) is 4.74 Å². The van der Waals surface area contributed by atoms with Crippen molar-refractivity contribution in [3.8, 4) is 5.75 Å². The molecule has 0 radical (unpaired) electrons. The monoisotopic (exact) mass is 305 g/mol. The molecule has 2 aromatic heterocycles. The number of ether oxygens (including phenoxy) is 1. The van der Waals surface area contributed by atoms with Crippen LogP contribution in [0.3, 0.4) is 0 Å². The molecule has 2 heterocycles. The van der Waals surface area contributed by atoms with Crippen LogP contribution in [-0.4, -0.2) is 26.7 Å². The Morgan fingerprint density at radius 2 is 1.78 bits per heavy atom. The van der Waals surface area contributed by atoms with E-state index < -0.39 is 0 Å². The highest BCUT2D eigenvalue weighted by Gasteiger charge is 2.12. The Balaban J connectivity index is 1.87. The largest absolute Gasteiger partial charge is 0.497 e. The van der Waals surface area contributed by atoms with Crippen molar-refractivity contribution in [1.29, 1.82) is 0 Å².